The van der Waals surface area contributed by atoms with Crippen molar-refractivity contribution in [2.45, 2.75) is 0 Å². The molecule has 0 saturated heterocycles. The smallest absolute Gasteiger partial charge is 0.284 e. The molecule has 27 heavy (non-hydrogen) atoms. The minimum atomic E-state index is -0.621. The summed E-state index contributed by atoms with van der Waals surface area (Å²) in [4.78, 5) is 16.4. The van der Waals surface area contributed by atoms with Gasteiger partial charge in [-0.1, -0.05) is 18.2 Å². The van der Waals surface area contributed by atoms with Gasteiger partial charge in [0.25, 0.3) is 17.7 Å². The fourth-order valence-corrected chi connectivity index (χ4v) is 2.45. The fourth-order valence-electron chi connectivity index (χ4n) is 2.31. The molecule has 0 aliphatic carbocycles. The number of amides is 1. The van der Waals surface area contributed by atoms with Crippen LogP contribution >= 0.6 is 11.6 Å². The summed E-state index contributed by atoms with van der Waals surface area (Å²) in [6, 6.07) is 13.7. The number of nitrogens with zero attached hydrogens (tertiary/aromatic N) is 3. The number of rotatable bonds is 4. The molecule has 0 spiro atoms. The molecule has 1 amide bonds. The van der Waals surface area contributed by atoms with Crippen LogP contribution in [-0.4, -0.2) is 21.1 Å². The largest absolute Gasteiger partial charge is 0.440 e. The van der Waals surface area contributed by atoms with Gasteiger partial charge in [-0.25, -0.2) is 9.37 Å². The molecule has 0 bridgehead atoms. The van der Waals surface area contributed by atoms with Crippen LogP contribution < -0.4 is 5.32 Å². The van der Waals surface area contributed by atoms with Crippen molar-refractivity contribution in [3.8, 4) is 23.2 Å². The number of aromatic nitrogens is 3. The fraction of sp³-hybridized carbons (Fsp3) is 0. The van der Waals surface area contributed by atoms with E-state index in [0.717, 1.165) is 0 Å². The Hall–Kier alpha value is -3.52. The average molecular weight is 385 g/mol. The van der Waals surface area contributed by atoms with Gasteiger partial charge in [0.1, 0.15) is 17.3 Å². The topological polar surface area (TPSA) is 94.1 Å². The highest BCUT2D eigenvalue weighted by atomic mass is 35.5. The predicted molar refractivity (Wildman–Crippen MR) is 94.6 cm³/mol. The lowest BCUT2D eigenvalue weighted by Gasteiger charge is -2.06. The van der Waals surface area contributed by atoms with Crippen LogP contribution in [0.5, 0.6) is 0 Å². The maximum absolute atomic E-state index is 13.7. The molecule has 3 heterocycles. The van der Waals surface area contributed by atoms with Gasteiger partial charge >= 0.3 is 0 Å². The zero-order valence-corrected chi connectivity index (χ0v) is 14.3. The molecule has 0 saturated carbocycles. The summed E-state index contributed by atoms with van der Waals surface area (Å²) in [7, 11) is 0. The molecule has 0 atom stereocenters. The first-order chi connectivity index (χ1) is 13.1. The quantitative estimate of drug-likeness (QED) is 0.559. The van der Waals surface area contributed by atoms with Crippen LogP contribution in [0.25, 0.3) is 23.2 Å². The second kappa shape index (κ2) is 7.00. The Kier molecular flexibility index (Phi) is 4.39. The van der Waals surface area contributed by atoms with E-state index >= 15 is 0 Å². The van der Waals surface area contributed by atoms with Crippen LogP contribution in [0.4, 0.5) is 10.2 Å². The van der Waals surface area contributed by atoms with Gasteiger partial charge in [-0.2, -0.15) is 0 Å². The van der Waals surface area contributed by atoms with E-state index < -0.39 is 11.7 Å². The van der Waals surface area contributed by atoms with E-state index in [1.54, 1.807) is 36.4 Å². The third-order valence-electron chi connectivity index (χ3n) is 3.54. The van der Waals surface area contributed by atoms with Crippen LogP contribution in [0.2, 0.25) is 5.22 Å². The molecule has 0 aliphatic rings. The van der Waals surface area contributed by atoms with Crippen LogP contribution in [0.3, 0.4) is 0 Å². The molecule has 0 fully saturated rings. The van der Waals surface area contributed by atoms with Crippen molar-refractivity contribution in [2.75, 3.05) is 5.32 Å². The third kappa shape index (κ3) is 3.56. The predicted octanol–water partition coefficient (Wildman–Crippen LogP) is 4.44. The van der Waals surface area contributed by atoms with Crippen molar-refractivity contribution in [3.63, 3.8) is 0 Å². The zero-order chi connectivity index (χ0) is 18.8. The van der Waals surface area contributed by atoms with Gasteiger partial charge in [0, 0.05) is 0 Å². The molecule has 3 aromatic heterocycles. The molecule has 134 valence electrons. The van der Waals surface area contributed by atoms with Crippen molar-refractivity contribution in [2.24, 2.45) is 0 Å². The summed E-state index contributed by atoms with van der Waals surface area (Å²) in [5, 5.41) is 10.5. The number of benzene rings is 1. The standard InChI is InChI=1S/C18H10ClFN4O3/c19-14-9-8-13(26-14)18-24-23-17(27-18)12-6-3-7-15(21-12)22-16(25)10-4-1-2-5-11(10)20/h1-9H,(H,21,22,25). The van der Waals surface area contributed by atoms with Gasteiger partial charge in [-0.15, -0.1) is 10.2 Å². The Morgan fingerprint density at radius 1 is 0.963 bits per heavy atom. The highest BCUT2D eigenvalue weighted by Crippen LogP contribution is 2.26. The first-order valence-corrected chi connectivity index (χ1v) is 8.10. The van der Waals surface area contributed by atoms with E-state index in [2.05, 4.69) is 20.5 Å². The first-order valence-electron chi connectivity index (χ1n) is 7.73. The van der Waals surface area contributed by atoms with E-state index in [1.165, 1.54) is 18.2 Å². The summed E-state index contributed by atoms with van der Waals surface area (Å²) >= 11 is 5.73. The number of pyridine rings is 1. The van der Waals surface area contributed by atoms with Crippen LogP contribution in [0, 0.1) is 5.82 Å². The molecular weight excluding hydrogens is 375 g/mol. The van der Waals surface area contributed by atoms with Crippen molar-refractivity contribution >= 4 is 23.3 Å². The molecule has 4 rings (SSSR count). The van der Waals surface area contributed by atoms with Gasteiger partial charge in [-0.05, 0) is 48.0 Å². The Balaban J connectivity index is 1.57. The first kappa shape index (κ1) is 16.9. The number of furan rings is 1. The lowest BCUT2D eigenvalue weighted by molar-refractivity contribution is 0.102. The summed E-state index contributed by atoms with van der Waals surface area (Å²) in [5.74, 6) is -0.442. The number of hydrogen-bond acceptors (Lipinski definition) is 6. The molecule has 7 nitrogen and oxygen atoms in total. The molecule has 1 aromatic carbocycles. The van der Waals surface area contributed by atoms with Crippen LogP contribution in [-0.2, 0) is 0 Å². The Morgan fingerprint density at radius 3 is 2.56 bits per heavy atom. The van der Waals surface area contributed by atoms with Gasteiger partial charge in [-0.3, -0.25) is 4.79 Å². The maximum Gasteiger partial charge on any atom is 0.284 e. The normalized spacial score (nSPS) is 10.7. The van der Waals surface area contributed by atoms with Crippen molar-refractivity contribution in [1.82, 2.24) is 15.2 Å². The average Bonchev–Trinajstić information content (AvgIpc) is 3.31. The van der Waals surface area contributed by atoms with Gasteiger partial charge in [0.2, 0.25) is 0 Å². The summed E-state index contributed by atoms with van der Waals surface area (Å²) in [6.45, 7) is 0. The molecule has 9 heteroatoms. The van der Waals surface area contributed by atoms with Gasteiger partial charge in [0.15, 0.2) is 11.0 Å². The number of halogens is 2. The Labute approximate surface area is 156 Å². The van der Waals surface area contributed by atoms with E-state index in [0.29, 0.717) is 11.5 Å². The number of anilines is 1. The zero-order valence-electron chi connectivity index (χ0n) is 13.5. The van der Waals surface area contributed by atoms with Crippen molar-refractivity contribution in [1.29, 1.82) is 0 Å². The second-order valence-electron chi connectivity index (χ2n) is 5.36. The Bertz CT molecular complexity index is 1130. The number of carbonyl (C=O) groups excluding carboxylic acids is 1. The minimum Gasteiger partial charge on any atom is -0.440 e. The molecule has 4 aromatic rings. The van der Waals surface area contributed by atoms with E-state index in [9.17, 15) is 9.18 Å². The number of nitrogens with one attached hydrogen (secondary N) is 1. The third-order valence-corrected chi connectivity index (χ3v) is 3.74. The number of carbonyl (C=O) groups is 1. The SMILES string of the molecule is O=C(Nc1cccc(-c2nnc(-c3ccc(Cl)o3)o2)n1)c1ccccc1F. The van der Waals surface area contributed by atoms with Crippen molar-refractivity contribution in [3.05, 3.63) is 71.2 Å². The van der Waals surface area contributed by atoms with Crippen LogP contribution in [0.15, 0.2) is 63.4 Å². The lowest BCUT2D eigenvalue weighted by atomic mass is 10.2. The van der Waals surface area contributed by atoms with Gasteiger partial charge < -0.3 is 14.2 Å². The highest BCUT2D eigenvalue weighted by Gasteiger charge is 2.16. The van der Waals surface area contributed by atoms with E-state index in [4.69, 9.17) is 20.4 Å². The van der Waals surface area contributed by atoms with E-state index in [1.807, 2.05) is 0 Å². The van der Waals surface area contributed by atoms with E-state index in [-0.39, 0.29) is 28.4 Å². The molecule has 0 unspecified atom stereocenters. The summed E-state index contributed by atoms with van der Waals surface area (Å²) in [6.07, 6.45) is 0. The molecule has 0 aliphatic heterocycles. The molecular formula is C18H10ClFN4O3. The highest BCUT2D eigenvalue weighted by molar-refractivity contribution is 6.28. The molecule has 1 N–H and O–H groups in total. The second-order valence-corrected chi connectivity index (χ2v) is 5.73. The monoisotopic (exact) mass is 384 g/mol. The molecule has 0 radical (unpaired) electrons. The van der Waals surface area contributed by atoms with Crippen LogP contribution in [0.1, 0.15) is 10.4 Å². The number of hydrogen-bond donors (Lipinski definition) is 1. The summed E-state index contributed by atoms with van der Waals surface area (Å²) < 4.78 is 24.5. The minimum absolute atomic E-state index is 0.0838. The van der Waals surface area contributed by atoms with Crippen molar-refractivity contribution < 1.29 is 18.0 Å². The van der Waals surface area contributed by atoms with Gasteiger partial charge in [0.05, 0.1) is 5.56 Å². The Morgan fingerprint density at radius 2 is 1.78 bits per heavy atom. The lowest BCUT2D eigenvalue weighted by Crippen LogP contribution is -2.14. The summed E-state index contributed by atoms with van der Waals surface area (Å²) in [5.41, 5.74) is 0.247. The maximum atomic E-state index is 13.7.